The van der Waals surface area contributed by atoms with E-state index in [-0.39, 0.29) is 10.6 Å². The van der Waals surface area contributed by atoms with Crippen LogP contribution in [0.2, 0.25) is 5.02 Å². The molecule has 3 aromatic carbocycles. The number of sulfonamides is 1. The molecule has 9 heteroatoms. The van der Waals surface area contributed by atoms with Gasteiger partial charge < -0.3 is 14.1 Å². The van der Waals surface area contributed by atoms with Crippen molar-refractivity contribution < 1.29 is 22.4 Å². The third-order valence-corrected chi connectivity index (χ3v) is 8.43. The van der Waals surface area contributed by atoms with Gasteiger partial charge >= 0.3 is 0 Å². The lowest BCUT2D eigenvalue weighted by Crippen LogP contribution is -2.31. The van der Waals surface area contributed by atoms with Gasteiger partial charge in [-0.15, -0.1) is 0 Å². The Morgan fingerprint density at radius 3 is 2.44 bits per heavy atom. The van der Waals surface area contributed by atoms with Gasteiger partial charge in [-0.25, -0.2) is 13.1 Å². The summed E-state index contributed by atoms with van der Waals surface area (Å²) in [4.78, 5) is 16.6. The van der Waals surface area contributed by atoms with Crippen LogP contribution in [0.25, 0.3) is 22.2 Å². The van der Waals surface area contributed by atoms with E-state index >= 15 is 0 Å². The van der Waals surface area contributed by atoms with E-state index in [1.54, 1.807) is 30.5 Å². The van der Waals surface area contributed by atoms with Gasteiger partial charge in [-0.3, -0.25) is 4.79 Å². The lowest BCUT2D eigenvalue weighted by Gasteiger charge is -2.11. The summed E-state index contributed by atoms with van der Waals surface area (Å²) in [5.41, 5.74) is 4.22. The number of rotatable bonds is 9. The Morgan fingerprint density at radius 1 is 1.00 bits per heavy atom. The number of fused-ring (bicyclic) bond motifs is 1. The summed E-state index contributed by atoms with van der Waals surface area (Å²) in [6.45, 7) is 4.26. The maximum atomic E-state index is 13.4. The number of para-hydroxylation sites is 1. The summed E-state index contributed by atoms with van der Waals surface area (Å²) in [5.74, 6) is 0.620. The van der Waals surface area contributed by atoms with E-state index in [0.717, 1.165) is 32.8 Å². The number of nitrogens with one attached hydrogen (secondary N) is 2. The number of furan rings is 1. The topological polar surface area (TPSA) is 101 Å². The number of amides is 1. The second kappa shape index (κ2) is 11.0. The van der Waals surface area contributed by atoms with E-state index in [0.29, 0.717) is 36.3 Å². The van der Waals surface area contributed by atoms with Gasteiger partial charge in [0.1, 0.15) is 17.2 Å². The lowest BCUT2D eigenvalue weighted by molar-refractivity contribution is 0.0976. The summed E-state index contributed by atoms with van der Waals surface area (Å²) in [6, 6.07) is 20.9. The monoisotopic (exact) mass is 562 g/mol. The van der Waals surface area contributed by atoms with Gasteiger partial charge in [0.25, 0.3) is 15.9 Å². The summed E-state index contributed by atoms with van der Waals surface area (Å²) >= 11 is 6.27. The first-order valence-electron chi connectivity index (χ1n) is 12.4. The number of aromatic nitrogens is 1. The number of carbonyl (C=O) groups is 1. The van der Waals surface area contributed by atoms with Crippen molar-refractivity contribution in [3.05, 3.63) is 106 Å². The highest BCUT2D eigenvalue weighted by molar-refractivity contribution is 7.90. The minimum atomic E-state index is -4.06. The van der Waals surface area contributed by atoms with Crippen molar-refractivity contribution in [3.8, 4) is 17.1 Å². The van der Waals surface area contributed by atoms with Gasteiger partial charge in [0, 0.05) is 16.0 Å². The van der Waals surface area contributed by atoms with Crippen molar-refractivity contribution in [1.82, 2.24) is 9.71 Å². The van der Waals surface area contributed by atoms with Crippen molar-refractivity contribution in [2.75, 3.05) is 6.61 Å². The third-order valence-electron chi connectivity index (χ3n) is 6.49. The van der Waals surface area contributed by atoms with Crippen molar-refractivity contribution in [2.45, 2.75) is 31.6 Å². The molecule has 0 radical (unpaired) electrons. The molecule has 0 spiro atoms. The summed E-state index contributed by atoms with van der Waals surface area (Å²) in [6.07, 6.45) is 2.64. The highest BCUT2D eigenvalue weighted by atomic mass is 35.5. The van der Waals surface area contributed by atoms with E-state index in [4.69, 9.17) is 20.8 Å². The number of hydrogen-bond acceptors (Lipinski definition) is 5. The zero-order valence-corrected chi connectivity index (χ0v) is 23.0. The van der Waals surface area contributed by atoms with E-state index in [1.807, 2.05) is 50.2 Å². The Balaban J connectivity index is 1.45. The molecule has 7 nitrogen and oxygen atoms in total. The second-order valence-corrected chi connectivity index (χ2v) is 11.3. The molecule has 0 unspecified atom stereocenters. The zero-order chi connectivity index (χ0) is 27.6. The van der Waals surface area contributed by atoms with Crippen LogP contribution in [0.3, 0.4) is 0 Å². The first-order chi connectivity index (χ1) is 18.7. The number of carbonyl (C=O) groups excluding carboxylic acids is 1. The van der Waals surface area contributed by atoms with Crippen LogP contribution in [0.4, 0.5) is 0 Å². The van der Waals surface area contributed by atoms with Gasteiger partial charge in [-0.2, -0.15) is 0 Å². The van der Waals surface area contributed by atoms with E-state index in [2.05, 4.69) is 9.71 Å². The minimum Gasteiger partial charge on any atom is -0.494 e. The number of hydrogen-bond donors (Lipinski definition) is 2. The fraction of sp³-hybridized carbons (Fsp3) is 0.167. The van der Waals surface area contributed by atoms with Gasteiger partial charge in [0.15, 0.2) is 0 Å². The largest absolute Gasteiger partial charge is 0.494 e. The molecule has 0 aliphatic carbocycles. The van der Waals surface area contributed by atoms with Crippen LogP contribution in [0, 0.1) is 13.8 Å². The predicted molar refractivity (Wildman–Crippen MR) is 152 cm³/mol. The average Bonchev–Trinajstić information content (AvgIpc) is 3.58. The molecule has 0 aliphatic heterocycles. The standard InChI is InChI=1S/C30H27ClN2O5S/c1-19-17-21(18-20(2)27(19)31)37-15-7-13-24-23-11-6-12-25(26-14-8-16-38-26)28(23)32-29(24)30(34)33-39(35,36)22-9-4-3-5-10-22/h3-6,8-12,14,16-18,32H,7,13,15H2,1-2H3,(H,33,34). The van der Waals surface area contributed by atoms with E-state index in [1.165, 1.54) is 12.1 Å². The van der Waals surface area contributed by atoms with Gasteiger partial charge in [0.2, 0.25) is 0 Å². The summed E-state index contributed by atoms with van der Waals surface area (Å²) in [7, 11) is -4.06. The van der Waals surface area contributed by atoms with Crippen molar-refractivity contribution in [1.29, 1.82) is 0 Å². The van der Waals surface area contributed by atoms with Gasteiger partial charge in [0.05, 0.1) is 23.3 Å². The molecule has 2 N–H and O–H groups in total. The quantitative estimate of drug-likeness (QED) is 0.192. The molecule has 0 fully saturated rings. The first-order valence-corrected chi connectivity index (χ1v) is 14.3. The number of aryl methyl sites for hydroxylation is 3. The smallest absolute Gasteiger partial charge is 0.281 e. The summed E-state index contributed by atoms with van der Waals surface area (Å²) < 4.78 is 39.6. The van der Waals surface area contributed by atoms with Crippen molar-refractivity contribution in [3.63, 3.8) is 0 Å². The van der Waals surface area contributed by atoms with Crippen LogP contribution in [-0.2, 0) is 16.4 Å². The van der Waals surface area contributed by atoms with Gasteiger partial charge in [-0.1, -0.05) is 41.9 Å². The normalized spacial score (nSPS) is 11.6. The molecule has 1 amide bonds. The van der Waals surface area contributed by atoms with Crippen LogP contribution in [0.15, 0.2) is 88.4 Å². The molecule has 39 heavy (non-hydrogen) atoms. The molecule has 200 valence electrons. The lowest BCUT2D eigenvalue weighted by atomic mass is 10.0. The predicted octanol–water partition coefficient (Wildman–Crippen LogP) is 6.83. The average molecular weight is 563 g/mol. The van der Waals surface area contributed by atoms with E-state index in [9.17, 15) is 13.2 Å². The third kappa shape index (κ3) is 5.57. The Bertz CT molecular complexity index is 1720. The fourth-order valence-electron chi connectivity index (χ4n) is 4.62. The molecular formula is C30H27ClN2O5S. The molecule has 0 bridgehead atoms. The molecule has 5 aromatic rings. The molecule has 5 rings (SSSR count). The minimum absolute atomic E-state index is 0.00855. The molecule has 0 saturated carbocycles. The van der Waals surface area contributed by atoms with Crippen LogP contribution in [-0.4, -0.2) is 25.9 Å². The number of aromatic amines is 1. The number of H-pyrrole nitrogens is 1. The van der Waals surface area contributed by atoms with E-state index < -0.39 is 15.9 Å². The molecule has 0 aliphatic rings. The molecular weight excluding hydrogens is 536 g/mol. The second-order valence-electron chi connectivity index (χ2n) is 9.25. The Labute approximate surface area is 231 Å². The maximum Gasteiger partial charge on any atom is 0.281 e. The molecule has 0 atom stereocenters. The maximum absolute atomic E-state index is 13.4. The Kier molecular flexibility index (Phi) is 7.50. The summed E-state index contributed by atoms with van der Waals surface area (Å²) in [5, 5.41) is 1.53. The Hall–Kier alpha value is -4.01. The van der Waals surface area contributed by atoms with Crippen LogP contribution < -0.4 is 9.46 Å². The first kappa shape index (κ1) is 26.6. The number of ether oxygens (including phenoxy) is 1. The number of halogens is 1. The zero-order valence-electron chi connectivity index (χ0n) is 21.5. The number of benzene rings is 3. The highest BCUT2D eigenvalue weighted by Crippen LogP contribution is 2.33. The van der Waals surface area contributed by atoms with Crippen molar-refractivity contribution in [2.24, 2.45) is 0 Å². The molecule has 2 heterocycles. The fourth-order valence-corrected chi connectivity index (χ4v) is 5.71. The van der Waals surface area contributed by atoms with Crippen LogP contribution >= 0.6 is 11.6 Å². The molecule has 2 aromatic heterocycles. The van der Waals surface area contributed by atoms with Gasteiger partial charge in [-0.05, 0) is 85.8 Å². The van der Waals surface area contributed by atoms with Crippen molar-refractivity contribution >= 4 is 38.4 Å². The van der Waals surface area contributed by atoms with Crippen LogP contribution in [0.5, 0.6) is 5.75 Å². The highest BCUT2D eigenvalue weighted by Gasteiger charge is 2.24. The Morgan fingerprint density at radius 2 is 1.74 bits per heavy atom. The molecule has 0 saturated heterocycles. The SMILES string of the molecule is Cc1cc(OCCCc2c(C(=O)NS(=O)(=O)c3ccccc3)[nH]c3c(-c4ccco4)cccc23)cc(C)c1Cl. The van der Waals surface area contributed by atoms with Crippen LogP contribution in [0.1, 0.15) is 33.6 Å².